The summed E-state index contributed by atoms with van der Waals surface area (Å²) >= 11 is 5.88. The Morgan fingerprint density at radius 1 is 1.14 bits per heavy atom. The molecule has 1 aliphatic heterocycles. The molecule has 0 spiro atoms. The van der Waals surface area contributed by atoms with Gasteiger partial charge < -0.3 is 4.74 Å². The van der Waals surface area contributed by atoms with Gasteiger partial charge in [-0.05, 0) is 57.5 Å². The van der Waals surface area contributed by atoms with E-state index in [2.05, 4.69) is 5.32 Å². The molecule has 2 aromatic carbocycles. The lowest BCUT2D eigenvalue weighted by molar-refractivity contribution is -0.157. The molecule has 1 saturated heterocycles. The maximum Gasteiger partial charge on any atom is 0.323 e. The van der Waals surface area contributed by atoms with Gasteiger partial charge in [0.25, 0.3) is 0 Å². The molecular formula is C21H23ClFNO4S. The van der Waals surface area contributed by atoms with E-state index in [0.29, 0.717) is 5.02 Å². The van der Waals surface area contributed by atoms with E-state index in [1.165, 1.54) is 42.5 Å². The molecular weight excluding hydrogens is 417 g/mol. The maximum atomic E-state index is 14.5. The number of carbonyl (C=O) groups excluding carboxylic acids is 1. The molecule has 0 saturated carbocycles. The van der Waals surface area contributed by atoms with Crippen LogP contribution in [0.2, 0.25) is 5.02 Å². The zero-order valence-corrected chi connectivity index (χ0v) is 17.9. The summed E-state index contributed by atoms with van der Waals surface area (Å²) in [4.78, 5) is 12.7. The Morgan fingerprint density at radius 2 is 1.76 bits per heavy atom. The van der Waals surface area contributed by atoms with Gasteiger partial charge in [0, 0.05) is 10.6 Å². The predicted octanol–water partition coefficient (Wildman–Crippen LogP) is 4.07. The van der Waals surface area contributed by atoms with E-state index in [1.54, 1.807) is 26.8 Å². The molecule has 3 rings (SSSR count). The van der Waals surface area contributed by atoms with Crippen LogP contribution in [0, 0.1) is 5.82 Å². The molecule has 0 aliphatic carbocycles. The van der Waals surface area contributed by atoms with Crippen molar-refractivity contribution in [3.05, 3.63) is 64.9 Å². The second-order valence-electron chi connectivity index (χ2n) is 8.02. The highest BCUT2D eigenvalue weighted by Crippen LogP contribution is 2.37. The first-order valence-electron chi connectivity index (χ1n) is 9.22. The molecule has 5 nitrogen and oxygen atoms in total. The third-order valence-electron chi connectivity index (χ3n) is 4.69. The van der Waals surface area contributed by atoms with Crippen LogP contribution in [-0.4, -0.2) is 31.3 Å². The number of hydrogen-bond donors (Lipinski definition) is 1. The van der Waals surface area contributed by atoms with Crippen molar-refractivity contribution in [2.24, 2.45) is 0 Å². The lowest BCUT2D eigenvalue weighted by Crippen LogP contribution is -2.38. The van der Waals surface area contributed by atoms with E-state index in [1.807, 2.05) is 0 Å². The number of halogens is 2. The second kappa shape index (κ2) is 8.05. The number of carbonyl (C=O) groups is 1. The van der Waals surface area contributed by atoms with Crippen LogP contribution in [-0.2, 0) is 19.4 Å². The summed E-state index contributed by atoms with van der Waals surface area (Å²) in [6, 6.07) is 9.99. The molecule has 156 valence electrons. The largest absolute Gasteiger partial charge is 0.459 e. The summed E-state index contributed by atoms with van der Waals surface area (Å²) in [6.07, 6.45) is -0.0289. The molecule has 3 atom stereocenters. The fourth-order valence-corrected chi connectivity index (χ4v) is 5.44. The fraction of sp³-hybridized carbons (Fsp3) is 0.381. The van der Waals surface area contributed by atoms with Crippen molar-refractivity contribution in [1.82, 2.24) is 5.32 Å². The van der Waals surface area contributed by atoms with Crippen molar-refractivity contribution in [2.75, 3.05) is 0 Å². The normalized spacial score (nSPS) is 22.4. The van der Waals surface area contributed by atoms with Gasteiger partial charge in [0.2, 0.25) is 0 Å². The molecule has 2 aromatic rings. The van der Waals surface area contributed by atoms with E-state index in [-0.39, 0.29) is 16.9 Å². The Hall–Kier alpha value is -1.96. The van der Waals surface area contributed by atoms with E-state index in [4.69, 9.17) is 16.3 Å². The summed E-state index contributed by atoms with van der Waals surface area (Å²) in [5.41, 5.74) is -0.527. The van der Waals surface area contributed by atoms with E-state index in [9.17, 15) is 17.6 Å². The number of benzene rings is 2. The van der Waals surface area contributed by atoms with Crippen molar-refractivity contribution in [2.45, 2.75) is 55.0 Å². The van der Waals surface area contributed by atoms with Crippen LogP contribution in [0.25, 0.3) is 0 Å². The van der Waals surface area contributed by atoms with Gasteiger partial charge in [-0.15, -0.1) is 0 Å². The first-order valence-corrected chi connectivity index (χ1v) is 11.1. The van der Waals surface area contributed by atoms with Crippen molar-refractivity contribution in [3.63, 3.8) is 0 Å². The molecule has 0 radical (unpaired) electrons. The van der Waals surface area contributed by atoms with E-state index >= 15 is 0 Å². The van der Waals surface area contributed by atoms with Gasteiger partial charge in [-0.1, -0.05) is 29.8 Å². The fourth-order valence-electron chi connectivity index (χ4n) is 3.42. The topological polar surface area (TPSA) is 72.5 Å². The molecule has 1 heterocycles. The van der Waals surface area contributed by atoms with Crippen LogP contribution >= 0.6 is 11.6 Å². The standard InChI is InChI=1S/C21H23ClFNO4S/c1-21(2,3)28-20(25)17-12-18(19(24-17)15-6-4-5-7-16(15)23)29(26,27)14-10-8-13(22)9-11-14/h4-11,17-19,24H,12H2,1-3H3. The SMILES string of the molecule is CC(C)(C)OC(=O)C1CC(S(=O)(=O)c2ccc(Cl)cc2)C(c2ccccc2F)N1. The molecule has 29 heavy (non-hydrogen) atoms. The summed E-state index contributed by atoms with van der Waals surface area (Å²) in [6.45, 7) is 5.20. The number of esters is 1. The third kappa shape index (κ3) is 4.79. The minimum absolute atomic E-state index is 0.0289. The number of sulfone groups is 1. The van der Waals surface area contributed by atoms with Crippen LogP contribution in [0.15, 0.2) is 53.4 Å². The molecule has 8 heteroatoms. The molecule has 0 bridgehead atoms. The minimum Gasteiger partial charge on any atom is -0.459 e. The summed E-state index contributed by atoms with van der Waals surface area (Å²) in [7, 11) is -3.88. The Balaban J connectivity index is 2.00. The van der Waals surface area contributed by atoms with Crippen LogP contribution in [0.3, 0.4) is 0 Å². The van der Waals surface area contributed by atoms with Crippen molar-refractivity contribution < 1.29 is 22.3 Å². The van der Waals surface area contributed by atoms with Gasteiger partial charge >= 0.3 is 5.97 Å². The van der Waals surface area contributed by atoms with Gasteiger partial charge in [0.15, 0.2) is 9.84 Å². The first kappa shape index (κ1) is 21.7. The van der Waals surface area contributed by atoms with Crippen LogP contribution in [0.5, 0.6) is 0 Å². The maximum absolute atomic E-state index is 14.5. The summed E-state index contributed by atoms with van der Waals surface area (Å²) in [5.74, 6) is -1.10. The average molecular weight is 440 g/mol. The quantitative estimate of drug-likeness (QED) is 0.727. The van der Waals surface area contributed by atoms with Gasteiger partial charge in [-0.3, -0.25) is 10.1 Å². The molecule has 3 unspecified atom stereocenters. The molecule has 1 fully saturated rings. The Kier molecular flexibility index (Phi) is 6.03. The molecule has 1 aliphatic rings. The highest BCUT2D eigenvalue weighted by Gasteiger charge is 2.47. The number of hydrogen-bond acceptors (Lipinski definition) is 5. The lowest BCUT2D eigenvalue weighted by atomic mass is 10.0. The van der Waals surface area contributed by atoms with Crippen molar-refractivity contribution in [3.8, 4) is 0 Å². The highest BCUT2D eigenvalue weighted by molar-refractivity contribution is 7.92. The van der Waals surface area contributed by atoms with Crippen LogP contribution < -0.4 is 5.32 Å². The van der Waals surface area contributed by atoms with Gasteiger partial charge in [-0.25, -0.2) is 12.8 Å². The number of nitrogens with one attached hydrogen (secondary N) is 1. The predicted molar refractivity (Wildman–Crippen MR) is 109 cm³/mol. The average Bonchev–Trinajstić information content (AvgIpc) is 3.07. The number of rotatable bonds is 4. The lowest BCUT2D eigenvalue weighted by Gasteiger charge is -2.22. The zero-order chi connectivity index (χ0) is 21.4. The van der Waals surface area contributed by atoms with Crippen molar-refractivity contribution in [1.29, 1.82) is 0 Å². The van der Waals surface area contributed by atoms with Crippen LogP contribution in [0.1, 0.15) is 38.8 Å². The molecule has 0 amide bonds. The zero-order valence-electron chi connectivity index (χ0n) is 16.4. The summed E-state index contributed by atoms with van der Waals surface area (Å²) in [5, 5.41) is 2.35. The monoisotopic (exact) mass is 439 g/mol. The van der Waals surface area contributed by atoms with Gasteiger partial charge in [-0.2, -0.15) is 0 Å². The Morgan fingerprint density at radius 3 is 2.34 bits per heavy atom. The first-order chi connectivity index (χ1) is 13.5. The minimum atomic E-state index is -3.88. The third-order valence-corrected chi connectivity index (χ3v) is 7.14. The van der Waals surface area contributed by atoms with E-state index in [0.717, 1.165) is 0 Å². The van der Waals surface area contributed by atoms with Crippen LogP contribution in [0.4, 0.5) is 4.39 Å². The van der Waals surface area contributed by atoms with E-state index < -0.39 is 44.6 Å². The highest BCUT2D eigenvalue weighted by atomic mass is 35.5. The Labute approximate surface area is 175 Å². The van der Waals surface area contributed by atoms with Gasteiger partial charge in [0.1, 0.15) is 17.5 Å². The summed E-state index contributed by atoms with van der Waals surface area (Å²) < 4.78 is 46.6. The van der Waals surface area contributed by atoms with Gasteiger partial charge in [0.05, 0.1) is 16.2 Å². The molecule has 1 N–H and O–H groups in total. The smallest absolute Gasteiger partial charge is 0.323 e. The van der Waals surface area contributed by atoms with Crippen molar-refractivity contribution >= 4 is 27.4 Å². The molecule has 0 aromatic heterocycles. The number of ether oxygens (including phenoxy) is 1. The Bertz CT molecular complexity index is 1000. The second-order valence-corrected chi connectivity index (χ2v) is 10.6.